The van der Waals surface area contributed by atoms with Crippen LogP contribution < -0.4 is 11.1 Å². The zero-order chi connectivity index (χ0) is 13.5. The maximum Gasteiger partial charge on any atom is 0.227 e. The smallest absolute Gasteiger partial charge is 0.227 e. The highest BCUT2D eigenvalue weighted by Crippen LogP contribution is 2.26. The van der Waals surface area contributed by atoms with Gasteiger partial charge >= 0.3 is 0 Å². The standard InChI is InChI=1S/C13H14N4OS/c14-13(18)8-19-12-4-2-1-3-11(12)16-7-10-5-6-15-9-17-10/h1-6,9,16H,7-8H2,(H2,14,18). The first kappa shape index (κ1) is 13.4. The van der Waals surface area contributed by atoms with Crippen molar-refractivity contribution >= 4 is 23.4 Å². The number of hydrogen-bond acceptors (Lipinski definition) is 5. The molecule has 98 valence electrons. The number of hydrogen-bond donors (Lipinski definition) is 2. The van der Waals surface area contributed by atoms with Crippen LogP contribution in [-0.2, 0) is 11.3 Å². The summed E-state index contributed by atoms with van der Waals surface area (Å²) in [5, 5.41) is 3.29. The van der Waals surface area contributed by atoms with Crippen LogP contribution >= 0.6 is 11.8 Å². The zero-order valence-electron chi connectivity index (χ0n) is 10.2. The van der Waals surface area contributed by atoms with Crippen molar-refractivity contribution in [1.29, 1.82) is 0 Å². The second-order valence-corrected chi connectivity index (χ2v) is 4.82. The highest BCUT2D eigenvalue weighted by molar-refractivity contribution is 8.00. The van der Waals surface area contributed by atoms with Crippen LogP contribution in [0.3, 0.4) is 0 Å². The van der Waals surface area contributed by atoms with Gasteiger partial charge in [0.25, 0.3) is 0 Å². The van der Waals surface area contributed by atoms with E-state index in [0.29, 0.717) is 6.54 Å². The van der Waals surface area contributed by atoms with Gasteiger partial charge in [0.1, 0.15) is 6.33 Å². The van der Waals surface area contributed by atoms with Gasteiger partial charge in [-0.1, -0.05) is 12.1 Å². The van der Waals surface area contributed by atoms with Crippen LogP contribution in [0.25, 0.3) is 0 Å². The number of para-hydroxylation sites is 1. The van der Waals surface area contributed by atoms with Gasteiger partial charge in [0.15, 0.2) is 0 Å². The van der Waals surface area contributed by atoms with Crippen LogP contribution in [0.4, 0.5) is 5.69 Å². The predicted octanol–water partition coefficient (Wildman–Crippen LogP) is 1.67. The number of primary amides is 1. The topological polar surface area (TPSA) is 80.9 Å². The monoisotopic (exact) mass is 274 g/mol. The first-order chi connectivity index (χ1) is 9.25. The highest BCUT2D eigenvalue weighted by Gasteiger charge is 2.04. The number of benzene rings is 1. The fraction of sp³-hybridized carbons (Fsp3) is 0.154. The molecule has 0 bridgehead atoms. The molecule has 0 unspecified atom stereocenters. The lowest BCUT2D eigenvalue weighted by molar-refractivity contribution is -0.115. The van der Waals surface area contributed by atoms with Crippen molar-refractivity contribution in [2.75, 3.05) is 11.1 Å². The Bertz CT molecular complexity index is 547. The fourth-order valence-electron chi connectivity index (χ4n) is 1.50. The molecule has 1 aromatic carbocycles. The second kappa shape index (κ2) is 6.75. The SMILES string of the molecule is NC(=O)CSc1ccccc1NCc1ccncn1. The van der Waals surface area contributed by atoms with Crippen molar-refractivity contribution < 1.29 is 4.79 Å². The Kier molecular flexibility index (Phi) is 4.74. The highest BCUT2D eigenvalue weighted by atomic mass is 32.2. The van der Waals surface area contributed by atoms with Gasteiger partial charge in [0.2, 0.25) is 5.91 Å². The number of anilines is 1. The largest absolute Gasteiger partial charge is 0.378 e. The minimum absolute atomic E-state index is 0.270. The maximum absolute atomic E-state index is 10.8. The Balaban J connectivity index is 2.01. The summed E-state index contributed by atoms with van der Waals surface area (Å²) in [6.45, 7) is 0.608. The van der Waals surface area contributed by atoms with Gasteiger partial charge in [-0.05, 0) is 18.2 Å². The van der Waals surface area contributed by atoms with Crippen LogP contribution in [0.15, 0.2) is 47.8 Å². The number of carbonyl (C=O) groups excluding carboxylic acids is 1. The first-order valence-corrected chi connectivity index (χ1v) is 6.73. The van der Waals surface area contributed by atoms with Crippen molar-refractivity contribution in [2.45, 2.75) is 11.4 Å². The van der Waals surface area contributed by atoms with E-state index in [4.69, 9.17) is 5.73 Å². The molecule has 0 atom stereocenters. The number of nitrogens with one attached hydrogen (secondary N) is 1. The summed E-state index contributed by atoms with van der Waals surface area (Å²) < 4.78 is 0. The van der Waals surface area contributed by atoms with Crippen LogP contribution in [0, 0.1) is 0 Å². The number of aromatic nitrogens is 2. The minimum atomic E-state index is -0.324. The van der Waals surface area contributed by atoms with E-state index < -0.39 is 0 Å². The molecule has 19 heavy (non-hydrogen) atoms. The van der Waals surface area contributed by atoms with E-state index in [-0.39, 0.29) is 11.7 Å². The molecule has 0 saturated heterocycles. The summed E-state index contributed by atoms with van der Waals surface area (Å²) in [5.74, 6) is -0.0535. The summed E-state index contributed by atoms with van der Waals surface area (Å²) in [7, 11) is 0. The third-order valence-electron chi connectivity index (χ3n) is 2.36. The molecular weight excluding hydrogens is 260 g/mol. The first-order valence-electron chi connectivity index (χ1n) is 5.74. The third kappa shape index (κ3) is 4.26. The van der Waals surface area contributed by atoms with Crippen molar-refractivity contribution in [3.8, 4) is 0 Å². The average molecular weight is 274 g/mol. The Morgan fingerprint density at radius 3 is 2.89 bits per heavy atom. The summed E-state index contributed by atoms with van der Waals surface area (Å²) >= 11 is 1.42. The molecule has 1 heterocycles. The number of nitrogens with two attached hydrogens (primary N) is 1. The second-order valence-electron chi connectivity index (χ2n) is 3.81. The number of carbonyl (C=O) groups is 1. The molecular formula is C13H14N4OS. The van der Waals surface area contributed by atoms with E-state index in [0.717, 1.165) is 16.3 Å². The van der Waals surface area contributed by atoms with Gasteiger partial charge in [0.05, 0.1) is 18.0 Å². The zero-order valence-corrected chi connectivity index (χ0v) is 11.1. The molecule has 6 heteroatoms. The van der Waals surface area contributed by atoms with Crippen molar-refractivity contribution in [3.05, 3.63) is 48.5 Å². The number of amides is 1. The van der Waals surface area contributed by atoms with E-state index in [1.54, 1.807) is 6.20 Å². The summed E-state index contributed by atoms with van der Waals surface area (Å²) in [4.78, 5) is 19.8. The van der Waals surface area contributed by atoms with Crippen molar-refractivity contribution in [2.24, 2.45) is 5.73 Å². The van der Waals surface area contributed by atoms with Crippen molar-refractivity contribution in [1.82, 2.24) is 9.97 Å². The quantitative estimate of drug-likeness (QED) is 0.783. The maximum atomic E-state index is 10.8. The Labute approximate surface area is 115 Å². The molecule has 2 rings (SSSR count). The van der Waals surface area contributed by atoms with Gasteiger partial charge in [-0.25, -0.2) is 9.97 Å². The van der Waals surface area contributed by atoms with Crippen LogP contribution in [-0.4, -0.2) is 21.6 Å². The average Bonchev–Trinajstić information content (AvgIpc) is 2.45. The number of thioether (sulfide) groups is 1. The molecule has 0 spiro atoms. The molecule has 0 saturated carbocycles. The molecule has 3 N–H and O–H groups in total. The Hall–Kier alpha value is -2.08. The number of rotatable bonds is 6. The molecule has 0 radical (unpaired) electrons. The Morgan fingerprint density at radius 2 is 2.16 bits per heavy atom. The van der Waals surface area contributed by atoms with E-state index in [1.165, 1.54) is 18.1 Å². The van der Waals surface area contributed by atoms with E-state index >= 15 is 0 Å². The lowest BCUT2D eigenvalue weighted by atomic mass is 10.3. The van der Waals surface area contributed by atoms with Crippen LogP contribution in [0.5, 0.6) is 0 Å². The van der Waals surface area contributed by atoms with Gasteiger partial charge in [-0.2, -0.15) is 0 Å². The summed E-state index contributed by atoms with van der Waals surface area (Å²) in [6, 6.07) is 9.64. The Morgan fingerprint density at radius 1 is 1.32 bits per heavy atom. The van der Waals surface area contributed by atoms with Gasteiger partial charge < -0.3 is 11.1 Å². The van der Waals surface area contributed by atoms with Crippen LogP contribution in [0.1, 0.15) is 5.69 Å². The molecule has 2 aromatic rings. The molecule has 0 aliphatic heterocycles. The summed E-state index contributed by atoms with van der Waals surface area (Å²) in [5.41, 5.74) is 7.03. The predicted molar refractivity (Wildman–Crippen MR) is 75.7 cm³/mol. The van der Waals surface area contributed by atoms with E-state index in [9.17, 15) is 4.79 Å². The van der Waals surface area contributed by atoms with E-state index in [2.05, 4.69) is 15.3 Å². The van der Waals surface area contributed by atoms with Crippen molar-refractivity contribution in [3.63, 3.8) is 0 Å². The number of nitrogens with zero attached hydrogens (tertiary/aromatic N) is 2. The minimum Gasteiger partial charge on any atom is -0.378 e. The summed E-state index contributed by atoms with van der Waals surface area (Å²) in [6.07, 6.45) is 3.22. The normalized spacial score (nSPS) is 10.1. The molecule has 0 aliphatic rings. The molecule has 1 aromatic heterocycles. The lowest BCUT2D eigenvalue weighted by Gasteiger charge is -2.10. The molecule has 0 fully saturated rings. The van der Waals surface area contributed by atoms with Crippen LogP contribution in [0.2, 0.25) is 0 Å². The van der Waals surface area contributed by atoms with E-state index in [1.807, 2.05) is 30.3 Å². The molecule has 1 amide bonds. The molecule has 0 aliphatic carbocycles. The van der Waals surface area contributed by atoms with Gasteiger partial charge in [-0.15, -0.1) is 11.8 Å². The lowest BCUT2D eigenvalue weighted by Crippen LogP contribution is -2.13. The van der Waals surface area contributed by atoms with Gasteiger partial charge in [-0.3, -0.25) is 4.79 Å². The third-order valence-corrected chi connectivity index (χ3v) is 3.46. The van der Waals surface area contributed by atoms with Gasteiger partial charge in [0, 0.05) is 16.8 Å². The fourth-order valence-corrected chi connectivity index (χ4v) is 2.26. The molecule has 5 nitrogen and oxygen atoms in total.